The molecule has 0 radical (unpaired) electrons. The maximum absolute atomic E-state index is 10.6. The molecule has 0 saturated heterocycles. The van der Waals surface area contributed by atoms with Crippen molar-refractivity contribution in [2.75, 3.05) is 18.5 Å². The molecule has 0 spiro atoms. The summed E-state index contributed by atoms with van der Waals surface area (Å²) in [6, 6.07) is 3.75. The number of unbranched alkanes of at least 4 members (excludes halogenated alkanes) is 1. The molecular formula is C13H21N3O2. The van der Waals surface area contributed by atoms with Crippen molar-refractivity contribution in [2.45, 2.75) is 32.6 Å². The van der Waals surface area contributed by atoms with Gasteiger partial charge in [0.2, 0.25) is 5.91 Å². The van der Waals surface area contributed by atoms with Crippen molar-refractivity contribution in [1.82, 2.24) is 4.98 Å². The van der Waals surface area contributed by atoms with Crippen LogP contribution in [0.2, 0.25) is 0 Å². The minimum atomic E-state index is -0.250. The first-order valence-electron chi connectivity index (χ1n) is 6.34. The largest absolute Gasteiger partial charge is 0.490 e. The Bertz CT molecular complexity index is 369. The highest BCUT2D eigenvalue weighted by atomic mass is 16.5. The molecule has 5 nitrogen and oxygen atoms in total. The van der Waals surface area contributed by atoms with E-state index in [0.717, 1.165) is 37.4 Å². The molecule has 0 fully saturated rings. The van der Waals surface area contributed by atoms with Crippen LogP contribution in [-0.4, -0.2) is 24.0 Å². The molecule has 1 aromatic heterocycles. The SMILES string of the molecule is CCCOc1cccnc1NCCCCC(N)=O. The second kappa shape index (κ2) is 8.33. The third-order valence-corrected chi connectivity index (χ3v) is 2.37. The maximum atomic E-state index is 10.6. The van der Waals surface area contributed by atoms with Gasteiger partial charge in [-0.25, -0.2) is 4.98 Å². The van der Waals surface area contributed by atoms with Gasteiger partial charge >= 0.3 is 0 Å². The number of hydrogen-bond acceptors (Lipinski definition) is 4. The highest BCUT2D eigenvalue weighted by molar-refractivity contribution is 5.73. The monoisotopic (exact) mass is 251 g/mol. The molecule has 1 rings (SSSR count). The number of nitrogens with one attached hydrogen (secondary N) is 1. The average Bonchev–Trinajstić information content (AvgIpc) is 2.36. The van der Waals surface area contributed by atoms with E-state index in [2.05, 4.69) is 17.2 Å². The number of rotatable bonds is 9. The van der Waals surface area contributed by atoms with Gasteiger partial charge in [0.1, 0.15) is 0 Å². The van der Waals surface area contributed by atoms with Crippen LogP contribution in [0.3, 0.4) is 0 Å². The first kappa shape index (κ1) is 14.3. The van der Waals surface area contributed by atoms with E-state index in [1.807, 2.05) is 12.1 Å². The van der Waals surface area contributed by atoms with Gasteiger partial charge in [-0.3, -0.25) is 4.79 Å². The zero-order chi connectivity index (χ0) is 13.2. The van der Waals surface area contributed by atoms with E-state index in [4.69, 9.17) is 10.5 Å². The Morgan fingerprint density at radius 1 is 1.50 bits per heavy atom. The lowest BCUT2D eigenvalue weighted by Gasteiger charge is -2.11. The van der Waals surface area contributed by atoms with Crippen LogP contribution in [0.15, 0.2) is 18.3 Å². The summed E-state index contributed by atoms with van der Waals surface area (Å²) >= 11 is 0. The second-order valence-electron chi connectivity index (χ2n) is 4.05. The van der Waals surface area contributed by atoms with Crippen molar-refractivity contribution < 1.29 is 9.53 Å². The van der Waals surface area contributed by atoms with Gasteiger partial charge in [0.15, 0.2) is 11.6 Å². The van der Waals surface area contributed by atoms with Crippen LogP contribution in [0.4, 0.5) is 5.82 Å². The predicted octanol–water partition coefficient (Wildman–Crippen LogP) is 1.94. The minimum Gasteiger partial charge on any atom is -0.490 e. The molecule has 18 heavy (non-hydrogen) atoms. The molecule has 0 aromatic carbocycles. The molecule has 5 heteroatoms. The van der Waals surface area contributed by atoms with Crippen LogP contribution in [0.25, 0.3) is 0 Å². The summed E-state index contributed by atoms with van der Waals surface area (Å²) in [4.78, 5) is 14.8. The first-order valence-corrected chi connectivity index (χ1v) is 6.34. The topological polar surface area (TPSA) is 77.2 Å². The number of primary amides is 1. The Labute approximate surface area is 108 Å². The summed E-state index contributed by atoms with van der Waals surface area (Å²) in [7, 11) is 0. The zero-order valence-electron chi connectivity index (χ0n) is 10.8. The quantitative estimate of drug-likeness (QED) is 0.657. The van der Waals surface area contributed by atoms with Gasteiger partial charge in [-0.05, 0) is 31.4 Å². The Balaban J connectivity index is 2.34. The third kappa shape index (κ3) is 5.52. The van der Waals surface area contributed by atoms with E-state index in [1.54, 1.807) is 6.20 Å². The number of anilines is 1. The number of ether oxygens (including phenoxy) is 1. The van der Waals surface area contributed by atoms with Gasteiger partial charge in [0.05, 0.1) is 6.61 Å². The highest BCUT2D eigenvalue weighted by Gasteiger charge is 2.03. The number of amides is 1. The minimum absolute atomic E-state index is 0.250. The fourth-order valence-electron chi connectivity index (χ4n) is 1.48. The van der Waals surface area contributed by atoms with Gasteiger partial charge in [0.25, 0.3) is 0 Å². The highest BCUT2D eigenvalue weighted by Crippen LogP contribution is 2.20. The lowest BCUT2D eigenvalue weighted by molar-refractivity contribution is -0.118. The van der Waals surface area contributed by atoms with Gasteiger partial charge in [-0.2, -0.15) is 0 Å². The van der Waals surface area contributed by atoms with Crippen molar-refractivity contribution in [3.05, 3.63) is 18.3 Å². The van der Waals surface area contributed by atoms with Gasteiger partial charge in [0, 0.05) is 19.2 Å². The van der Waals surface area contributed by atoms with Crippen LogP contribution < -0.4 is 15.8 Å². The molecule has 3 N–H and O–H groups in total. The van der Waals surface area contributed by atoms with Crippen LogP contribution in [0, 0.1) is 0 Å². The Morgan fingerprint density at radius 2 is 2.33 bits per heavy atom. The van der Waals surface area contributed by atoms with Crippen LogP contribution in [0.5, 0.6) is 5.75 Å². The normalized spacial score (nSPS) is 10.1. The summed E-state index contributed by atoms with van der Waals surface area (Å²) in [5.41, 5.74) is 5.07. The van der Waals surface area contributed by atoms with E-state index in [1.165, 1.54) is 0 Å². The lowest BCUT2D eigenvalue weighted by atomic mass is 10.2. The van der Waals surface area contributed by atoms with E-state index >= 15 is 0 Å². The molecule has 0 bridgehead atoms. The number of hydrogen-bond donors (Lipinski definition) is 2. The molecule has 100 valence electrons. The number of nitrogens with two attached hydrogens (primary N) is 1. The Hall–Kier alpha value is -1.78. The molecule has 1 heterocycles. The van der Waals surface area contributed by atoms with E-state index in [9.17, 15) is 4.79 Å². The van der Waals surface area contributed by atoms with Crippen LogP contribution in [0.1, 0.15) is 32.6 Å². The average molecular weight is 251 g/mol. The summed E-state index contributed by atoms with van der Waals surface area (Å²) in [6.45, 7) is 3.50. The number of aromatic nitrogens is 1. The third-order valence-electron chi connectivity index (χ3n) is 2.37. The van der Waals surface area contributed by atoms with Crippen molar-refractivity contribution in [3.8, 4) is 5.75 Å². The molecule has 0 saturated carbocycles. The molecule has 1 amide bonds. The van der Waals surface area contributed by atoms with Gasteiger partial charge < -0.3 is 15.8 Å². The van der Waals surface area contributed by atoms with Crippen LogP contribution in [-0.2, 0) is 4.79 Å². The molecule has 0 atom stereocenters. The van der Waals surface area contributed by atoms with Crippen LogP contribution >= 0.6 is 0 Å². The van der Waals surface area contributed by atoms with E-state index in [0.29, 0.717) is 13.0 Å². The van der Waals surface area contributed by atoms with Gasteiger partial charge in [-0.15, -0.1) is 0 Å². The number of pyridine rings is 1. The lowest BCUT2D eigenvalue weighted by Crippen LogP contribution is -2.11. The van der Waals surface area contributed by atoms with Crippen molar-refractivity contribution in [2.24, 2.45) is 5.73 Å². The molecule has 1 aromatic rings. The van der Waals surface area contributed by atoms with E-state index < -0.39 is 0 Å². The smallest absolute Gasteiger partial charge is 0.217 e. The summed E-state index contributed by atoms with van der Waals surface area (Å²) < 4.78 is 5.58. The standard InChI is InChI=1S/C13H21N3O2/c1-2-10-18-11-6-5-9-16-13(11)15-8-4-3-7-12(14)17/h5-6,9H,2-4,7-8,10H2,1H3,(H2,14,17)(H,15,16). The summed E-state index contributed by atoms with van der Waals surface area (Å²) in [5, 5.41) is 3.21. The Morgan fingerprint density at radius 3 is 3.06 bits per heavy atom. The first-order chi connectivity index (χ1) is 8.74. The summed E-state index contributed by atoms with van der Waals surface area (Å²) in [5.74, 6) is 1.28. The maximum Gasteiger partial charge on any atom is 0.217 e. The molecular weight excluding hydrogens is 230 g/mol. The predicted molar refractivity (Wildman–Crippen MR) is 71.6 cm³/mol. The molecule has 0 aliphatic carbocycles. The fourth-order valence-corrected chi connectivity index (χ4v) is 1.48. The fraction of sp³-hybridized carbons (Fsp3) is 0.538. The Kier molecular flexibility index (Phi) is 6.61. The molecule has 0 aliphatic rings. The van der Waals surface area contributed by atoms with Crippen molar-refractivity contribution in [1.29, 1.82) is 0 Å². The van der Waals surface area contributed by atoms with Gasteiger partial charge in [-0.1, -0.05) is 6.92 Å². The molecule has 0 aliphatic heterocycles. The number of carbonyl (C=O) groups is 1. The number of carbonyl (C=O) groups excluding carboxylic acids is 1. The van der Waals surface area contributed by atoms with Crippen molar-refractivity contribution >= 4 is 11.7 Å². The van der Waals surface area contributed by atoms with E-state index in [-0.39, 0.29) is 5.91 Å². The van der Waals surface area contributed by atoms with Crippen molar-refractivity contribution in [3.63, 3.8) is 0 Å². The zero-order valence-corrected chi connectivity index (χ0v) is 10.8. The number of nitrogens with zero attached hydrogens (tertiary/aromatic N) is 1. The molecule has 0 unspecified atom stereocenters. The summed E-state index contributed by atoms with van der Waals surface area (Å²) in [6.07, 6.45) is 4.80. The second-order valence-corrected chi connectivity index (χ2v) is 4.05.